The van der Waals surface area contributed by atoms with E-state index in [0.717, 1.165) is 19.3 Å². The molecule has 0 radical (unpaired) electrons. The molecule has 0 bridgehead atoms. The summed E-state index contributed by atoms with van der Waals surface area (Å²) in [6.45, 7) is 4.24. The molecule has 2 amide bonds. The number of benzene rings is 1. The zero-order chi connectivity index (χ0) is 16.1. The quantitative estimate of drug-likeness (QED) is 0.771. The van der Waals surface area contributed by atoms with Crippen LogP contribution in [0.15, 0.2) is 24.3 Å². The van der Waals surface area contributed by atoms with E-state index in [1.54, 1.807) is 6.07 Å². The van der Waals surface area contributed by atoms with Gasteiger partial charge in [-0.25, -0.2) is 0 Å². The van der Waals surface area contributed by atoms with E-state index in [-0.39, 0.29) is 42.0 Å². The third kappa shape index (κ3) is 5.22. The molecule has 0 spiro atoms. The Labute approximate surface area is 143 Å². The van der Waals surface area contributed by atoms with Crippen LogP contribution in [0.5, 0.6) is 0 Å². The van der Waals surface area contributed by atoms with E-state index in [2.05, 4.69) is 10.6 Å². The van der Waals surface area contributed by atoms with Crippen molar-refractivity contribution >= 4 is 35.6 Å². The van der Waals surface area contributed by atoms with Gasteiger partial charge in [0.05, 0.1) is 0 Å². The number of anilines is 2. The predicted molar refractivity (Wildman–Crippen MR) is 95.7 cm³/mol. The average Bonchev–Trinajstić information content (AvgIpc) is 2.96. The first kappa shape index (κ1) is 19.5. The molecular formula is C17H26ClN3O2. The second-order valence-electron chi connectivity index (χ2n) is 6.25. The largest absolute Gasteiger partial charge is 0.330 e. The Hall–Kier alpha value is -1.59. The van der Waals surface area contributed by atoms with Gasteiger partial charge in [-0.3, -0.25) is 9.59 Å². The topological polar surface area (TPSA) is 84.2 Å². The van der Waals surface area contributed by atoms with E-state index < -0.39 is 0 Å². The van der Waals surface area contributed by atoms with Gasteiger partial charge in [-0.2, -0.15) is 0 Å². The molecule has 2 atom stereocenters. The lowest BCUT2D eigenvalue weighted by Crippen LogP contribution is -2.29. The van der Waals surface area contributed by atoms with Gasteiger partial charge in [0, 0.05) is 23.2 Å². The Morgan fingerprint density at radius 3 is 2.48 bits per heavy atom. The fourth-order valence-electron chi connectivity index (χ4n) is 2.86. The minimum Gasteiger partial charge on any atom is -0.330 e. The van der Waals surface area contributed by atoms with Crippen LogP contribution >= 0.6 is 12.4 Å². The summed E-state index contributed by atoms with van der Waals surface area (Å²) in [4.78, 5) is 24.1. The van der Waals surface area contributed by atoms with Crippen molar-refractivity contribution in [3.05, 3.63) is 24.3 Å². The van der Waals surface area contributed by atoms with Gasteiger partial charge >= 0.3 is 0 Å². The summed E-state index contributed by atoms with van der Waals surface area (Å²) in [6, 6.07) is 7.24. The number of carbonyl (C=O) groups excluding carboxylic acids is 2. The summed E-state index contributed by atoms with van der Waals surface area (Å²) >= 11 is 0. The van der Waals surface area contributed by atoms with Crippen LogP contribution in [0.1, 0.15) is 33.1 Å². The van der Waals surface area contributed by atoms with Crippen molar-refractivity contribution in [1.82, 2.24) is 0 Å². The number of hydrogen-bond acceptors (Lipinski definition) is 3. The van der Waals surface area contributed by atoms with Gasteiger partial charge in [0.1, 0.15) is 0 Å². The molecule has 4 N–H and O–H groups in total. The fourth-order valence-corrected chi connectivity index (χ4v) is 2.86. The number of amides is 2. The second kappa shape index (κ2) is 8.89. The molecule has 23 heavy (non-hydrogen) atoms. The molecule has 0 saturated heterocycles. The molecule has 6 heteroatoms. The van der Waals surface area contributed by atoms with E-state index in [0.29, 0.717) is 17.9 Å². The van der Waals surface area contributed by atoms with E-state index >= 15 is 0 Å². The Bertz CT molecular complexity index is 548. The SMILES string of the molecule is CC(C)C(=O)Nc1cccc(NC(=O)[C@@H]2CCC[C@@H]2CN)c1.Cl. The number of rotatable bonds is 5. The number of nitrogens with one attached hydrogen (secondary N) is 2. The van der Waals surface area contributed by atoms with Crippen molar-refractivity contribution in [3.63, 3.8) is 0 Å². The van der Waals surface area contributed by atoms with Gasteiger partial charge in [0.2, 0.25) is 11.8 Å². The third-order valence-electron chi connectivity index (χ3n) is 4.22. The first-order valence-corrected chi connectivity index (χ1v) is 7.93. The molecule has 0 aliphatic heterocycles. The lowest BCUT2D eigenvalue weighted by molar-refractivity contribution is -0.121. The number of carbonyl (C=O) groups is 2. The minimum atomic E-state index is -0.0814. The smallest absolute Gasteiger partial charge is 0.227 e. The molecule has 1 fully saturated rings. The second-order valence-corrected chi connectivity index (χ2v) is 6.25. The van der Waals surface area contributed by atoms with E-state index in [1.165, 1.54) is 0 Å². The molecule has 1 aromatic carbocycles. The first-order chi connectivity index (χ1) is 10.5. The maximum atomic E-state index is 12.4. The number of halogens is 1. The van der Waals surface area contributed by atoms with Gasteiger partial charge < -0.3 is 16.4 Å². The number of nitrogens with two attached hydrogens (primary N) is 1. The van der Waals surface area contributed by atoms with Crippen LogP contribution < -0.4 is 16.4 Å². The van der Waals surface area contributed by atoms with E-state index in [4.69, 9.17) is 5.73 Å². The van der Waals surface area contributed by atoms with Crippen LogP contribution in [-0.4, -0.2) is 18.4 Å². The van der Waals surface area contributed by atoms with Crippen LogP contribution in [-0.2, 0) is 9.59 Å². The van der Waals surface area contributed by atoms with Crippen molar-refractivity contribution in [3.8, 4) is 0 Å². The van der Waals surface area contributed by atoms with Crippen molar-refractivity contribution in [2.45, 2.75) is 33.1 Å². The van der Waals surface area contributed by atoms with Gasteiger partial charge in [0.15, 0.2) is 0 Å². The van der Waals surface area contributed by atoms with E-state index in [9.17, 15) is 9.59 Å². The highest BCUT2D eigenvalue weighted by atomic mass is 35.5. The number of hydrogen-bond donors (Lipinski definition) is 3. The highest BCUT2D eigenvalue weighted by Crippen LogP contribution is 2.32. The molecule has 128 valence electrons. The highest BCUT2D eigenvalue weighted by molar-refractivity contribution is 5.95. The molecule has 5 nitrogen and oxygen atoms in total. The summed E-state index contributed by atoms with van der Waals surface area (Å²) in [5, 5.41) is 5.78. The molecule has 1 aromatic rings. The van der Waals surface area contributed by atoms with Crippen LogP contribution in [0.2, 0.25) is 0 Å². The lowest BCUT2D eigenvalue weighted by Gasteiger charge is -2.17. The zero-order valence-electron chi connectivity index (χ0n) is 13.7. The van der Waals surface area contributed by atoms with Crippen LogP contribution in [0, 0.1) is 17.8 Å². The summed E-state index contributed by atoms with van der Waals surface area (Å²) in [5.41, 5.74) is 7.13. The van der Waals surface area contributed by atoms with Gasteiger partial charge in [0.25, 0.3) is 0 Å². The summed E-state index contributed by atoms with van der Waals surface area (Å²) < 4.78 is 0. The Morgan fingerprint density at radius 2 is 1.87 bits per heavy atom. The highest BCUT2D eigenvalue weighted by Gasteiger charge is 2.31. The average molecular weight is 340 g/mol. The molecule has 0 aromatic heterocycles. The van der Waals surface area contributed by atoms with Crippen molar-refractivity contribution in [2.24, 2.45) is 23.5 Å². The molecule has 0 heterocycles. The van der Waals surface area contributed by atoms with Crippen molar-refractivity contribution in [2.75, 3.05) is 17.2 Å². The standard InChI is InChI=1S/C17H25N3O2.ClH/c1-11(2)16(21)19-13-6-4-7-14(9-13)20-17(22)15-8-3-5-12(15)10-18;/h4,6-7,9,11-12,15H,3,5,8,10,18H2,1-2H3,(H,19,21)(H,20,22);1H/t12-,15-;/m1./s1. The molecular weight excluding hydrogens is 314 g/mol. The molecule has 1 saturated carbocycles. The van der Waals surface area contributed by atoms with Crippen LogP contribution in [0.25, 0.3) is 0 Å². The maximum Gasteiger partial charge on any atom is 0.227 e. The molecule has 0 unspecified atom stereocenters. The summed E-state index contributed by atoms with van der Waals surface area (Å²) in [7, 11) is 0. The van der Waals surface area contributed by atoms with Crippen molar-refractivity contribution < 1.29 is 9.59 Å². The monoisotopic (exact) mass is 339 g/mol. The summed E-state index contributed by atoms with van der Waals surface area (Å²) in [6.07, 6.45) is 2.99. The maximum absolute atomic E-state index is 12.4. The van der Waals surface area contributed by atoms with E-state index in [1.807, 2.05) is 32.0 Å². The molecule has 1 aliphatic rings. The van der Waals surface area contributed by atoms with Crippen LogP contribution in [0.4, 0.5) is 11.4 Å². The lowest BCUT2D eigenvalue weighted by atomic mass is 9.95. The van der Waals surface area contributed by atoms with Gasteiger partial charge in [-0.05, 0) is 43.5 Å². The normalized spacial score (nSPS) is 20.0. The first-order valence-electron chi connectivity index (χ1n) is 7.93. The Balaban J connectivity index is 0.00000264. The Morgan fingerprint density at radius 1 is 1.22 bits per heavy atom. The predicted octanol–water partition coefficient (Wildman–Crippen LogP) is 3.02. The molecule has 2 rings (SSSR count). The van der Waals surface area contributed by atoms with Crippen molar-refractivity contribution in [1.29, 1.82) is 0 Å². The van der Waals surface area contributed by atoms with Crippen LogP contribution in [0.3, 0.4) is 0 Å². The zero-order valence-corrected chi connectivity index (χ0v) is 14.5. The molecule has 1 aliphatic carbocycles. The minimum absolute atomic E-state index is 0. The summed E-state index contributed by atoms with van der Waals surface area (Å²) in [5.74, 6) is 0.188. The third-order valence-corrected chi connectivity index (χ3v) is 4.22. The fraction of sp³-hybridized carbons (Fsp3) is 0.529. The van der Waals surface area contributed by atoms with Gasteiger partial charge in [-0.1, -0.05) is 26.3 Å². The Kier molecular flexibility index (Phi) is 7.52. The van der Waals surface area contributed by atoms with Gasteiger partial charge in [-0.15, -0.1) is 12.4 Å².